The molecule has 0 unspecified atom stereocenters. The predicted octanol–water partition coefficient (Wildman–Crippen LogP) is 7.34. The van der Waals surface area contributed by atoms with Crippen LogP contribution in [0.15, 0.2) is 24.3 Å². The number of aliphatic carboxylic acids is 1. The molecule has 3 heteroatoms. The van der Waals surface area contributed by atoms with Gasteiger partial charge in [-0.15, -0.1) is 0 Å². The molecule has 1 aliphatic carbocycles. The van der Waals surface area contributed by atoms with Crippen LogP contribution in [0.1, 0.15) is 108 Å². The summed E-state index contributed by atoms with van der Waals surface area (Å²) in [6.45, 7) is 3.07. The molecule has 28 heavy (non-hydrogen) atoms. The molecule has 1 aromatic carbocycles. The second-order valence-electron chi connectivity index (χ2n) is 8.49. The average Bonchev–Trinajstić information content (AvgIpc) is 2.72. The Morgan fingerprint density at radius 2 is 1.39 bits per heavy atom. The van der Waals surface area contributed by atoms with Crippen molar-refractivity contribution in [1.82, 2.24) is 0 Å². The van der Waals surface area contributed by atoms with Gasteiger partial charge in [0.2, 0.25) is 0 Å². The zero-order valence-corrected chi connectivity index (χ0v) is 17.8. The van der Waals surface area contributed by atoms with Gasteiger partial charge in [-0.05, 0) is 55.7 Å². The molecule has 0 aliphatic heterocycles. The predicted molar refractivity (Wildman–Crippen MR) is 116 cm³/mol. The monoisotopic (exact) mass is 388 g/mol. The maximum atomic E-state index is 11.1. The third-order valence-corrected chi connectivity index (χ3v) is 6.19. The van der Waals surface area contributed by atoms with Crippen molar-refractivity contribution in [3.8, 4) is 5.75 Å². The van der Waals surface area contributed by atoms with Gasteiger partial charge in [0.15, 0.2) is 0 Å². The van der Waals surface area contributed by atoms with Crippen molar-refractivity contribution in [3.05, 3.63) is 29.8 Å². The lowest BCUT2D eigenvalue weighted by Gasteiger charge is -2.26. The number of hydrogen-bond donors (Lipinski definition) is 1. The quantitative estimate of drug-likeness (QED) is 0.339. The fourth-order valence-corrected chi connectivity index (χ4v) is 4.29. The summed E-state index contributed by atoms with van der Waals surface area (Å²) in [6, 6.07) is 8.49. The highest BCUT2D eigenvalue weighted by Crippen LogP contribution is 2.36. The topological polar surface area (TPSA) is 46.5 Å². The Morgan fingerprint density at radius 1 is 0.857 bits per heavy atom. The van der Waals surface area contributed by atoms with E-state index >= 15 is 0 Å². The minimum Gasteiger partial charge on any atom is -0.494 e. The van der Waals surface area contributed by atoms with Crippen LogP contribution < -0.4 is 4.74 Å². The van der Waals surface area contributed by atoms with Crippen LogP contribution in [-0.4, -0.2) is 17.7 Å². The van der Waals surface area contributed by atoms with E-state index in [1.165, 1.54) is 63.4 Å². The third kappa shape index (κ3) is 8.67. The Balaban J connectivity index is 1.52. The van der Waals surface area contributed by atoms with Gasteiger partial charge < -0.3 is 9.84 Å². The van der Waals surface area contributed by atoms with Crippen molar-refractivity contribution < 1.29 is 14.6 Å². The SMILES string of the molecule is CCCCCCCCCCCCOc1ccc(C2CCC(C(=O)O)CC2)cc1. The van der Waals surface area contributed by atoms with E-state index in [9.17, 15) is 4.79 Å². The van der Waals surface area contributed by atoms with Crippen LogP contribution in [0, 0.1) is 5.92 Å². The smallest absolute Gasteiger partial charge is 0.306 e. The van der Waals surface area contributed by atoms with Gasteiger partial charge in [0.1, 0.15) is 5.75 Å². The summed E-state index contributed by atoms with van der Waals surface area (Å²) in [6.07, 6.45) is 17.0. The van der Waals surface area contributed by atoms with E-state index in [2.05, 4.69) is 31.2 Å². The molecule has 1 saturated carbocycles. The molecule has 1 aromatic rings. The molecule has 3 nitrogen and oxygen atoms in total. The van der Waals surface area contributed by atoms with Crippen LogP contribution in [0.5, 0.6) is 5.75 Å². The molecule has 0 radical (unpaired) electrons. The summed E-state index contributed by atoms with van der Waals surface area (Å²) in [5, 5.41) is 9.12. The van der Waals surface area contributed by atoms with Crippen molar-refractivity contribution in [2.24, 2.45) is 5.92 Å². The molecule has 0 amide bonds. The highest BCUT2D eigenvalue weighted by molar-refractivity contribution is 5.70. The first-order chi connectivity index (χ1) is 13.7. The molecular weight excluding hydrogens is 348 g/mol. The van der Waals surface area contributed by atoms with Gasteiger partial charge in [-0.3, -0.25) is 4.79 Å². The van der Waals surface area contributed by atoms with Crippen molar-refractivity contribution in [2.75, 3.05) is 6.61 Å². The summed E-state index contributed by atoms with van der Waals surface area (Å²) in [7, 11) is 0. The minimum absolute atomic E-state index is 0.139. The standard InChI is InChI=1S/C25H40O3/c1-2-3-4-5-6-7-8-9-10-11-20-28-24-18-16-22(17-19-24)21-12-14-23(15-13-21)25(26)27/h16-19,21,23H,2-15,20H2,1H3,(H,26,27). The van der Waals surface area contributed by atoms with Gasteiger partial charge in [-0.1, -0.05) is 76.8 Å². The van der Waals surface area contributed by atoms with Gasteiger partial charge in [0.05, 0.1) is 12.5 Å². The van der Waals surface area contributed by atoms with E-state index in [0.29, 0.717) is 5.92 Å². The molecule has 158 valence electrons. The number of carbonyl (C=O) groups is 1. The van der Waals surface area contributed by atoms with Crippen molar-refractivity contribution in [2.45, 2.75) is 103 Å². The van der Waals surface area contributed by atoms with Crippen LogP contribution in [0.2, 0.25) is 0 Å². The molecule has 1 N–H and O–H groups in total. The number of benzene rings is 1. The van der Waals surface area contributed by atoms with E-state index in [-0.39, 0.29) is 5.92 Å². The molecular formula is C25H40O3. The highest BCUT2D eigenvalue weighted by atomic mass is 16.5. The molecule has 2 rings (SSSR count). The van der Waals surface area contributed by atoms with Crippen LogP contribution >= 0.6 is 0 Å². The number of carboxylic acid groups (broad SMARTS) is 1. The van der Waals surface area contributed by atoms with E-state index in [1.807, 2.05) is 0 Å². The maximum absolute atomic E-state index is 11.1. The molecule has 1 aliphatic rings. The second-order valence-corrected chi connectivity index (χ2v) is 8.49. The zero-order chi connectivity index (χ0) is 20.0. The van der Waals surface area contributed by atoms with Crippen LogP contribution in [0.3, 0.4) is 0 Å². The Hall–Kier alpha value is -1.51. The lowest BCUT2D eigenvalue weighted by Crippen LogP contribution is -2.20. The summed E-state index contributed by atoms with van der Waals surface area (Å²) in [5.74, 6) is 0.694. The zero-order valence-electron chi connectivity index (χ0n) is 17.8. The molecule has 0 heterocycles. The normalized spacial score (nSPS) is 19.5. The Kier molecular flexibility index (Phi) is 11.1. The second kappa shape index (κ2) is 13.6. The number of unbranched alkanes of at least 4 members (excludes halogenated alkanes) is 9. The fourth-order valence-electron chi connectivity index (χ4n) is 4.29. The molecule has 0 bridgehead atoms. The number of hydrogen-bond acceptors (Lipinski definition) is 2. The number of ether oxygens (including phenoxy) is 1. The summed E-state index contributed by atoms with van der Waals surface area (Å²) < 4.78 is 5.89. The van der Waals surface area contributed by atoms with E-state index in [1.54, 1.807) is 0 Å². The first kappa shape index (κ1) is 22.8. The fraction of sp³-hybridized carbons (Fsp3) is 0.720. The molecule has 0 spiro atoms. The van der Waals surface area contributed by atoms with E-state index in [0.717, 1.165) is 44.5 Å². The lowest BCUT2D eigenvalue weighted by atomic mass is 9.79. The Bertz CT molecular complexity index is 529. The minimum atomic E-state index is -0.630. The molecule has 0 saturated heterocycles. The van der Waals surface area contributed by atoms with Crippen LogP contribution in [0.25, 0.3) is 0 Å². The molecule has 0 atom stereocenters. The summed E-state index contributed by atoms with van der Waals surface area (Å²) >= 11 is 0. The third-order valence-electron chi connectivity index (χ3n) is 6.19. The Labute approximate surface area is 171 Å². The van der Waals surface area contributed by atoms with Gasteiger partial charge in [0, 0.05) is 0 Å². The Morgan fingerprint density at radius 3 is 1.93 bits per heavy atom. The van der Waals surface area contributed by atoms with Gasteiger partial charge in [-0.25, -0.2) is 0 Å². The van der Waals surface area contributed by atoms with E-state index in [4.69, 9.17) is 9.84 Å². The molecule has 1 fully saturated rings. The lowest BCUT2D eigenvalue weighted by molar-refractivity contribution is -0.142. The summed E-state index contributed by atoms with van der Waals surface area (Å²) in [5.41, 5.74) is 1.33. The highest BCUT2D eigenvalue weighted by Gasteiger charge is 2.26. The first-order valence-corrected chi connectivity index (χ1v) is 11.7. The number of carboxylic acids is 1. The number of rotatable bonds is 14. The maximum Gasteiger partial charge on any atom is 0.306 e. The van der Waals surface area contributed by atoms with Gasteiger partial charge in [-0.2, -0.15) is 0 Å². The van der Waals surface area contributed by atoms with Crippen molar-refractivity contribution in [1.29, 1.82) is 0 Å². The van der Waals surface area contributed by atoms with Gasteiger partial charge >= 0.3 is 5.97 Å². The molecule has 0 aromatic heterocycles. The largest absolute Gasteiger partial charge is 0.494 e. The van der Waals surface area contributed by atoms with E-state index < -0.39 is 5.97 Å². The van der Waals surface area contributed by atoms with Crippen molar-refractivity contribution in [3.63, 3.8) is 0 Å². The average molecular weight is 389 g/mol. The van der Waals surface area contributed by atoms with Crippen LogP contribution in [0.4, 0.5) is 0 Å². The first-order valence-electron chi connectivity index (χ1n) is 11.7. The van der Waals surface area contributed by atoms with Gasteiger partial charge in [0.25, 0.3) is 0 Å². The van der Waals surface area contributed by atoms with Crippen molar-refractivity contribution >= 4 is 5.97 Å². The van der Waals surface area contributed by atoms with Crippen LogP contribution in [-0.2, 0) is 4.79 Å². The summed E-state index contributed by atoms with van der Waals surface area (Å²) in [4.78, 5) is 11.1.